The normalized spacial score (nSPS) is 14.1. The van der Waals surface area contributed by atoms with Crippen LogP contribution in [0.15, 0.2) is 18.2 Å². The van der Waals surface area contributed by atoms with E-state index in [0.29, 0.717) is 0 Å². The molecule has 0 aliphatic rings. The van der Waals surface area contributed by atoms with Crippen molar-refractivity contribution in [3.05, 3.63) is 32.9 Å². The van der Waals surface area contributed by atoms with E-state index in [9.17, 15) is 0 Å². The van der Waals surface area contributed by atoms with Crippen molar-refractivity contribution in [1.82, 2.24) is 0 Å². The van der Waals surface area contributed by atoms with Gasteiger partial charge in [0.1, 0.15) is 0 Å². The molecular formula is C12H18IN. The van der Waals surface area contributed by atoms with Crippen LogP contribution in [0.1, 0.15) is 37.9 Å². The Hall–Kier alpha value is -0.0900. The van der Waals surface area contributed by atoms with Crippen LogP contribution < -0.4 is 5.73 Å². The molecular weight excluding hydrogens is 285 g/mol. The molecule has 0 unspecified atom stereocenters. The van der Waals surface area contributed by atoms with Crippen molar-refractivity contribution in [1.29, 1.82) is 0 Å². The monoisotopic (exact) mass is 303 g/mol. The first kappa shape index (κ1) is 12.0. The van der Waals surface area contributed by atoms with Gasteiger partial charge in [0.05, 0.1) is 0 Å². The lowest BCUT2D eigenvalue weighted by Crippen LogP contribution is -2.27. The highest BCUT2D eigenvalue weighted by molar-refractivity contribution is 14.1. The Morgan fingerprint density at radius 3 is 2.36 bits per heavy atom. The van der Waals surface area contributed by atoms with Crippen LogP contribution in [-0.2, 0) is 0 Å². The van der Waals surface area contributed by atoms with Gasteiger partial charge in [-0.05, 0) is 46.1 Å². The van der Waals surface area contributed by atoms with Gasteiger partial charge >= 0.3 is 0 Å². The Morgan fingerprint density at radius 1 is 1.29 bits per heavy atom. The summed E-state index contributed by atoms with van der Waals surface area (Å²) in [6.45, 7) is 8.66. The van der Waals surface area contributed by atoms with Crippen LogP contribution >= 0.6 is 22.6 Å². The van der Waals surface area contributed by atoms with E-state index in [2.05, 4.69) is 68.5 Å². The lowest BCUT2D eigenvalue weighted by atomic mass is 9.83. The minimum absolute atomic E-state index is 0.106. The lowest BCUT2D eigenvalue weighted by molar-refractivity contribution is 0.326. The molecule has 1 nitrogen and oxygen atoms in total. The summed E-state index contributed by atoms with van der Waals surface area (Å²) >= 11 is 2.38. The SMILES string of the molecule is Cc1cccc([C@@H](N)C(C)(C)C)c1I. The van der Waals surface area contributed by atoms with Crippen molar-refractivity contribution in [2.24, 2.45) is 11.1 Å². The summed E-state index contributed by atoms with van der Waals surface area (Å²) in [5.74, 6) is 0. The molecule has 2 N–H and O–H groups in total. The Bertz CT molecular complexity index is 326. The molecule has 0 aliphatic carbocycles. The summed E-state index contributed by atoms with van der Waals surface area (Å²) < 4.78 is 1.30. The zero-order valence-electron chi connectivity index (χ0n) is 9.26. The van der Waals surface area contributed by atoms with Gasteiger partial charge in [0.15, 0.2) is 0 Å². The second kappa shape index (κ2) is 4.19. The molecule has 0 fully saturated rings. The molecule has 1 atom stereocenters. The zero-order chi connectivity index (χ0) is 10.9. The summed E-state index contributed by atoms with van der Waals surface area (Å²) in [6.07, 6.45) is 0. The number of halogens is 1. The van der Waals surface area contributed by atoms with Crippen LogP contribution in [0.5, 0.6) is 0 Å². The topological polar surface area (TPSA) is 26.0 Å². The molecule has 0 spiro atoms. The summed E-state index contributed by atoms with van der Waals surface area (Å²) in [5, 5.41) is 0. The number of rotatable bonds is 1. The van der Waals surface area contributed by atoms with E-state index >= 15 is 0 Å². The number of hydrogen-bond acceptors (Lipinski definition) is 1. The predicted molar refractivity (Wildman–Crippen MR) is 70.3 cm³/mol. The standard InChI is InChI=1S/C12H18IN/c1-8-6-5-7-9(10(8)13)11(14)12(2,3)4/h5-7,11H,14H2,1-4H3/t11-/m1/s1. The van der Waals surface area contributed by atoms with Crippen LogP contribution in [0.4, 0.5) is 0 Å². The Kier molecular flexibility index (Phi) is 3.58. The van der Waals surface area contributed by atoms with Crippen molar-refractivity contribution in [2.75, 3.05) is 0 Å². The highest BCUT2D eigenvalue weighted by Gasteiger charge is 2.24. The largest absolute Gasteiger partial charge is 0.323 e. The Balaban J connectivity index is 3.14. The van der Waals surface area contributed by atoms with Crippen LogP contribution in [0.3, 0.4) is 0 Å². The Labute approximate surface area is 100 Å². The molecule has 0 saturated heterocycles. The minimum Gasteiger partial charge on any atom is -0.323 e. The average Bonchev–Trinajstić information content (AvgIpc) is 2.07. The van der Waals surface area contributed by atoms with Crippen molar-refractivity contribution in [3.8, 4) is 0 Å². The first-order valence-corrected chi connectivity index (χ1v) is 5.92. The molecule has 1 aromatic rings. The molecule has 0 saturated carbocycles. The van der Waals surface area contributed by atoms with E-state index in [1.807, 2.05) is 0 Å². The average molecular weight is 303 g/mol. The Morgan fingerprint density at radius 2 is 1.86 bits per heavy atom. The quantitative estimate of drug-likeness (QED) is 0.788. The van der Waals surface area contributed by atoms with Crippen LogP contribution in [0.2, 0.25) is 0 Å². The third-order valence-corrected chi connectivity index (χ3v) is 3.96. The fourth-order valence-corrected chi connectivity index (χ4v) is 2.07. The molecule has 0 amide bonds. The van der Waals surface area contributed by atoms with Crippen molar-refractivity contribution < 1.29 is 0 Å². The molecule has 0 heterocycles. The van der Waals surface area contributed by atoms with E-state index in [1.54, 1.807) is 0 Å². The first-order valence-electron chi connectivity index (χ1n) is 4.84. The highest BCUT2D eigenvalue weighted by Crippen LogP contribution is 2.33. The number of aryl methyl sites for hydroxylation is 1. The smallest absolute Gasteiger partial charge is 0.0354 e. The van der Waals surface area contributed by atoms with Gasteiger partial charge in [0.25, 0.3) is 0 Å². The molecule has 0 aliphatic heterocycles. The molecule has 78 valence electrons. The highest BCUT2D eigenvalue weighted by atomic mass is 127. The van der Waals surface area contributed by atoms with Crippen molar-refractivity contribution in [3.63, 3.8) is 0 Å². The fraction of sp³-hybridized carbons (Fsp3) is 0.500. The van der Waals surface area contributed by atoms with E-state index in [4.69, 9.17) is 5.73 Å². The fourth-order valence-electron chi connectivity index (χ4n) is 1.38. The molecule has 1 rings (SSSR count). The zero-order valence-corrected chi connectivity index (χ0v) is 11.4. The maximum absolute atomic E-state index is 6.24. The number of hydrogen-bond donors (Lipinski definition) is 1. The van der Waals surface area contributed by atoms with Crippen LogP contribution in [0, 0.1) is 15.9 Å². The third-order valence-electron chi connectivity index (χ3n) is 2.49. The molecule has 0 bridgehead atoms. The van der Waals surface area contributed by atoms with Gasteiger partial charge in [0.2, 0.25) is 0 Å². The summed E-state index contributed by atoms with van der Waals surface area (Å²) in [5.41, 5.74) is 8.93. The molecule has 0 radical (unpaired) electrons. The number of nitrogens with two attached hydrogens (primary N) is 1. The van der Waals surface area contributed by atoms with E-state index in [0.717, 1.165) is 0 Å². The molecule has 0 aromatic heterocycles. The van der Waals surface area contributed by atoms with E-state index in [1.165, 1.54) is 14.7 Å². The van der Waals surface area contributed by atoms with E-state index in [-0.39, 0.29) is 11.5 Å². The van der Waals surface area contributed by atoms with Gasteiger partial charge < -0.3 is 5.73 Å². The number of benzene rings is 1. The van der Waals surface area contributed by atoms with Crippen LogP contribution in [0.25, 0.3) is 0 Å². The summed E-state index contributed by atoms with van der Waals surface area (Å²) in [7, 11) is 0. The van der Waals surface area contributed by atoms with Gasteiger partial charge in [-0.1, -0.05) is 39.0 Å². The summed E-state index contributed by atoms with van der Waals surface area (Å²) in [6, 6.07) is 6.44. The van der Waals surface area contributed by atoms with Gasteiger partial charge in [-0.3, -0.25) is 0 Å². The van der Waals surface area contributed by atoms with Gasteiger partial charge in [-0.25, -0.2) is 0 Å². The van der Waals surface area contributed by atoms with Crippen LogP contribution in [-0.4, -0.2) is 0 Å². The van der Waals surface area contributed by atoms with E-state index < -0.39 is 0 Å². The van der Waals surface area contributed by atoms with Gasteiger partial charge in [0, 0.05) is 9.61 Å². The first-order chi connectivity index (χ1) is 6.34. The lowest BCUT2D eigenvalue weighted by Gasteiger charge is -2.28. The van der Waals surface area contributed by atoms with Crippen molar-refractivity contribution >= 4 is 22.6 Å². The van der Waals surface area contributed by atoms with Gasteiger partial charge in [-0.2, -0.15) is 0 Å². The summed E-state index contributed by atoms with van der Waals surface area (Å²) in [4.78, 5) is 0. The second-order valence-corrected chi connectivity index (χ2v) is 5.90. The molecule has 14 heavy (non-hydrogen) atoms. The maximum atomic E-state index is 6.24. The second-order valence-electron chi connectivity index (χ2n) is 4.82. The predicted octanol–water partition coefficient (Wildman–Crippen LogP) is 3.65. The maximum Gasteiger partial charge on any atom is 0.0354 e. The van der Waals surface area contributed by atoms with Gasteiger partial charge in [-0.15, -0.1) is 0 Å². The van der Waals surface area contributed by atoms with Crippen molar-refractivity contribution in [2.45, 2.75) is 33.7 Å². The molecule has 2 heteroatoms. The third kappa shape index (κ3) is 2.48. The molecule has 1 aromatic carbocycles. The minimum atomic E-state index is 0.106.